The second kappa shape index (κ2) is 10.6. The van der Waals surface area contributed by atoms with Gasteiger partial charge in [0, 0.05) is 26.2 Å². The monoisotopic (exact) mass is 458 g/mol. The Morgan fingerprint density at radius 2 is 1.73 bits per heavy atom. The standard InChI is InChI=1S/C21H31ClN2O5S/c1-5-24(6-2)30(27,28)19-13-16(9-12-18(19)22)21(26)29-14-20(25)23(4)17-10-7-15(3)8-11-17/h9,12-13,15,17H,5-8,10-11,14H2,1-4H3. The van der Waals surface area contributed by atoms with E-state index in [1.54, 1.807) is 25.8 Å². The molecule has 168 valence electrons. The molecule has 0 atom stereocenters. The zero-order chi connectivity index (χ0) is 22.5. The molecule has 0 heterocycles. The molecule has 0 N–H and O–H groups in total. The van der Waals surface area contributed by atoms with E-state index >= 15 is 0 Å². The van der Waals surface area contributed by atoms with Crippen LogP contribution >= 0.6 is 11.6 Å². The van der Waals surface area contributed by atoms with Gasteiger partial charge in [0.25, 0.3) is 5.91 Å². The number of amides is 1. The fraction of sp³-hybridized carbons (Fsp3) is 0.619. The average Bonchev–Trinajstić information content (AvgIpc) is 2.72. The van der Waals surface area contributed by atoms with Gasteiger partial charge in [0.1, 0.15) is 4.90 Å². The summed E-state index contributed by atoms with van der Waals surface area (Å²) in [5, 5.41) is 0.0285. The molecule has 1 saturated carbocycles. The van der Waals surface area contributed by atoms with E-state index in [1.807, 2.05) is 0 Å². The largest absolute Gasteiger partial charge is 0.452 e. The molecule has 0 saturated heterocycles. The summed E-state index contributed by atoms with van der Waals surface area (Å²) in [6, 6.07) is 4.11. The molecule has 1 aliphatic rings. The Kier molecular flexibility index (Phi) is 8.70. The molecule has 0 unspecified atom stereocenters. The minimum Gasteiger partial charge on any atom is -0.452 e. The van der Waals surface area contributed by atoms with Crippen LogP contribution in [-0.4, -0.2) is 62.3 Å². The number of nitrogens with zero attached hydrogens (tertiary/aromatic N) is 2. The molecule has 1 aliphatic carbocycles. The van der Waals surface area contributed by atoms with E-state index in [9.17, 15) is 18.0 Å². The van der Waals surface area contributed by atoms with Gasteiger partial charge in [0.15, 0.2) is 6.61 Å². The van der Waals surface area contributed by atoms with Crippen molar-refractivity contribution in [2.45, 2.75) is 57.4 Å². The van der Waals surface area contributed by atoms with Crippen molar-refractivity contribution >= 4 is 33.5 Å². The number of sulfonamides is 1. The molecule has 0 bridgehead atoms. The molecule has 2 rings (SSSR count). The first kappa shape index (κ1) is 24.6. The van der Waals surface area contributed by atoms with Crippen molar-refractivity contribution in [1.82, 2.24) is 9.21 Å². The van der Waals surface area contributed by atoms with Crippen molar-refractivity contribution in [3.63, 3.8) is 0 Å². The number of benzene rings is 1. The number of carbonyl (C=O) groups is 2. The lowest BCUT2D eigenvalue weighted by atomic mass is 9.87. The summed E-state index contributed by atoms with van der Waals surface area (Å²) in [7, 11) is -2.10. The summed E-state index contributed by atoms with van der Waals surface area (Å²) < 4.78 is 32.0. The first-order valence-electron chi connectivity index (χ1n) is 10.3. The summed E-state index contributed by atoms with van der Waals surface area (Å²) in [5.74, 6) is -0.358. The van der Waals surface area contributed by atoms with Crippen LogP contribution in [0.1, 0.15) is 56.8 Å². The van der Waals surface area contributed by atoms with Gasteiger partial charge in [0.2, 0.25) is 10.0 Å². The van der Waals surface area contributed by atoms with Crippen LogP contribution in [0.5, 0.6) is 0 Å². The van der Waals surface area contributed by atoms with Gasteiger partial charge in [-0.25, -0.2) is 13.2 Å². The third kappa shape index (κ3) is 5.74. The van der Waals surface area contributed by atoms with E-state index in [-0.39, 0.29) is 47.1 Å². The smallest absolute Gasteiger partial charge is 0.338 e. The van der Waals surface area contributed by atoms with Crippen LogP contribution in [0.15, 0.2) is 23.1 Å². The molecular weight excluding hydrogens is 428 g/mol. The van der Waals surface area contributed by atoms with Gasteiger partial charge in [-0.15, -0.1) is 0 Å². The number of esters is 1. The fourth-order valence-electron chi connectivity index (χ4n) is 3.68. The normalized spacial score (nSPS) is 19.5. The molecular formula is C21H31ClN2O5S. The zero-order valence-corrected chi connectivity index (χ0v) is 19.6. The number of likely N-dealkylation sites (N-methyl/N-ethyl adjacent to an activating group) is 1. The van der Waals surface area contributed by atoms with Gasteiger partial charge in [0.05, 0.1) is 10.6 Å². The van der Waals surface area contributed by atoms with E-state index < -0.39 is 16.0 Å². The number of halogens is 1. The Morgan fingerprint density at radius 3 is 2.30 bits per heavy atom. The summed E-state index contributed by atoms with van der Waals surface area (Å²) in [4.78, 5) is 26.4. The van der Waals surface area contributed by atoms with Crippen molar-refractivity contribution < 1.29 is 22.7 Å². The summed E-state index contributed by atoms with van der Waals surface area (Å²) in [6.07, 6.45) is 4.05. The Hall–Kier alpha value is -1.64. The van der Waals surface area contributed by atoms with Crippen LogP contribution in [0.3, 0.4) is 0 Å². The maximum absolute atomic E-state index is 12.8. The van der Waals surface area contributed by atoms with E-state index in [1.165, 1.54) is 22.5 Å². The lowest BCUT2D eigenvalue weighted by Gasteiger charge is -2.33. The first-order chi connectivity index (χ1) is 14.1. The van der Waals surface area contributed by atoms with E-state index in [4.69, 9.17) is 16.3 Å². The molecule has 0 aromatic heterocycles. The van der Waals surface area contributed by atoms with Crippen LogP contribution in [0, 0.1) is 5.92 Å². The molecule has 0 radical (unpaired) electrons. The highest BCUT2D eigenvalue weighted by Gasteiger charge is 2.27. The molecule has 7 nitrogen and oxygen atoms in total. The Balaban J connectivity index is 2.06. The average molecular weight is 459 g/mol. The molecule has 9 heteroatoms. The highest BCUT2D eigenvalue weighted by atomic mass is 35.5. The minimum atomic E-state index is -3.83. The van der Waals surface area contributed by atoms with Crippen molar-refractivity contribution in [1.29, 1.82) is 0 Å². The van der Waals surface area contributed by atoms with Crippen LogP contribution in [0.25, 0.3) is 0 Å². The highest BCUT2D eigenvalue weighted by molar-refractivity contribution is 7.89. The SMILES string of the molecule is CCN(CC)S(=O)(=O)c1cc(C(=O)OCC(=O)N(C)C2CCC(C)CC2)ccc1Cl. The van der Waals surface area contributed by atoms with Gasteiger partial charge >= 0.3 is 5.97 Å². The van der Waals surface area contributed by atoms with Crippen LogP contribution < -0.4 is 0 Å². The fourth-order valence-corrected chi connectivity index (χ4v) is 5.63. The Bertz CT molecular complexity index is 862. The molecule has 1 aromatic rings. The maximum atomic E-state index is 12.8. The van der Waals surface area contributed by atoms with Crippen LogP contribution in [-0.2, 0) is 19.6 Å². The van der Waals surface area contributed by atoms with Gasteiger partial charge in [-0.05, 0) is 49.8 Å². The third-order valence-corrected chi connectivity index (χ3v) is 8.27. The predicted octanol–water partition coefficient (Wildman–Crippen LogP) is 3.56. The van der Waals surface area contributed by atoms with Gasteiger partial charge in [-0.1, -0.05) is 32.4 Å². The summed E-state index contributed by atoms with van der Waals surface area (Å²) >= 11 is 6.09. The maximum Gasteiger partial charge on any atom is 0.338 e. The quantitative estimate of drug-likeness (QED) is 0.556. The topological polar surface area (TPSA) is 84.0 Å². The first-order valence-corrected chi connectivity index (χ1v) is 12.2. The van der Waals surface area contributed by atoms with Gasteiger partial charge in [-0.3, -0.25) is 4.79 Å². The van der Waals surface area contributed by atoms with Crippen molar-refractivity contribution in [3.05, 3.63) is 28.8 Å². The summed E-state index contributed by atoms with van der Waals surface area (Å²) in [6.45, 7) is 5.84. The molecule has 1 amide bonds. The van der Waals surface area contributed by atoms with Crippen LogP contribution in [0.2, 0.25) is 5.02 Å². The Labute approximate surface area is 184 Å². The van der Waals surface area contributed by atoms with Gasteiger partial charge < -0.3 is 9.64 Å². The number of carbonyl (C=O) groups excluding carboxylic acids is 2. The van der Waals surface area contributed by atoms with Crippen LogP contribution in [0.4, 0.5) is 0 Å². The second-order valence-corrected chi connectivity index (χ2v) is 10.0. The van der Waals surface area contributed by atoms with E-state index in [0.29, 0.717) is 5.92 Å². The number of hydrogen-bond donors (Lipinski definition) is 0. The molecule has 1 aromatic carbocycles. The molecule has 30 heavy (non-hydrogen) atoms. The Morgan fingerprint density at radius 1 is 1.13 bits per heavy atom. The van der Waals surface area contributed by atoms with Gasteiger partial charge in [-0.2, -0.15) is 4.31 Å². The van der Waals surface area contributed by atoms with Crippen molar-refractivity contribution in [3.8, 4) is 0 Å². The van der Waals surface area contributed by atoms with E-state index in [2.05, 4.69) is 6.92 Å². The number of rotatable bonds is 8. The predicted molar refractivity (Wildman–Crippen MR) is 116 cm³/mol. The molecule has 0 spiro atoms. The zero-order valence-electron chi connectivity index (χ0n) is 18.1. The lowest BCUT2D eigenvalue weighted by molar-refractivity contribution is -0.136. The minimum absolute atomic E-state index is 0.0285. The highest BCUT2D eigenvalue weighted by Crippen LogP contribution is 2.27. The second-order valence-electron chi connectivity index (χ2n) is 7.73. The number of hydrogen-bond acceptors (Lipinski definition) is 5. The lowest BCUT2D eigenvalue weighted by Crippen LogP contribution is -2.41. The molecule has 1 fully saturated rings. The van der Waals surface area contributed by atoms with Crippen molar-refractivity contribution in [2.75, 3.05) is 26.7 Å². The molecule has 0 aliphatic heterocycles. The van der Waals surface area contributed by atoms with E-state index in [0.717, 1.165) is 25.7 Å². The summed E-state index contributed by atoms with van der Waals surface area (Å²) in [5.41, 5.74) is 0.0343. The van der Waals surface area contributed by atoms with Crippen molar-refractivity contribution in [2.24, 2.45) is 5.92 Å². The third-order valence-electron chi connectivity index (χ3n) is 5.74. The number of ether oxygens (including phenoxy) is 1.